The van der Waals surface area contributed by atoms with E-state index in [-0.39, 0.29) is 0 Å². The quantitative estimate of drug-likeness (QED) is 0.164. The Balaban J connectivity index is 1.11. The molecule has 1 heteroatoms. The minimum Gasteiger partial charge on any atom is -0.310 e. The van der Waals surface area contributed by atoms with Crippen molar-refractivity contribution in [3.63, 3.8) is 0 Å². The molecule has 0 fully saturated rings. The van der Waals surface area contributed by atoms with Gasteiger partial charge in [-0.1, -0.05) is 182 Å². The predicted molar refractivity (Wildman–Crippen MR) is 243 cm³/mol. The van der Waals surface area contributed by atoms with Gasteiger partial charge in [-0.3, -0.25) is 0 Å². The van der Waals surface area contributed by atoms with Gasteiger partial charge in [0, 0.05) is 16.9 Å². The van der Waals surface area contributed by atoms with Crippen molar-refractivity contribution in [2.45, 2.75) is 19.3 Å². The van der Waals surface area contributed by atoms with Crippen LogP contribution in [0.25, 0.3) is 55.6 Å². The van der Waals surface area contributed by atoms with Gasteiger partial charge in [-0.15, -0.1) is 0 Å². The summed E-state index contributed by atoms with van der Waals surface area (Å²) in [6.45, 7) is 4.58. The standard InChI is InChI=1S/C57H41N/c1-38-16-15-26-52-54(38)55-39(2)28-37-49(56(55)57(52)50-24-12-9-21-46(50)47-22-10-13-25-51(47)57)48-23-11-14-27-53(48)58(44-19-7-4-8-20-44)45-35-33-43(34-36-45)42-31-29-41(30-32-42)40-17-5-3-6-18-40/h3-37H,1-2H3. The van der Waals surface area contributed by atoms with Crippen molar-refractivity contribution in [3.05, 3.63) is 246 Å². The maximum Gasteiger partial charge on any atom is 0.0731 e. The van der Waals surface area contributed by atoms with E-state index >= 15 is 0 Å². The SMILES string of the molecule is Cc1cccc2c1-c1c(C)ccc(-c3ccccc3N(c3ccccc3)c3ccc(-c4ccc(-c5ccccc5)cc4)cc3)c1C21c2ccccc2-c2ccccc21. The third-order valence-electron chi connectivity index (χ3n) is 12.6. The molecule has 0 unspecified atom stereocenters. The van der Waals surface area contributed by atoms with Gasteiger partial charge in [0.1, 0.15) is 0 Å². The Morgan fingerprint density at radius 2 is 0.776 bits per heavy atom. The molecule has 0 aromatic heterocycles. The van der Waals surface area contributed by atoms with Crippen molar-refractivity contribution in [2.24, 2.45) is 0 Å². The first-order valence-electron chi connectivity index (χ1n) is 20.3. The fraction of sp³-hybridized carbons (Fsp3) is 0.0526. The highest BCUT2D eigenvalue weighted by Gasteiger charge is 2.53. The Kier molecular flexibility index (Phi) is 7.91. The molecule has 0 saturated heterocycles. The summed E-state index contributed by atoms with van der Waals surface area (Å²) in [5, 5.41) is 0. The van der Waals surface area contributed by atoms with Gasteiger partial charge in [-0.25, -0.2) is 0 Å². The van der Waals surface area contributed by atoms with Gasteiger partial charge in [0.2, 0.25) is 0 Å². The van der Waals surface area contributed by atoms with Gasteiger partial charge in [-0.05, 0) is 128 Å². The Morgan fingerprint density at radius 1 is 0.310 bits per heavy atom. The van der Waals surface area contributed by atoms with Crippen LogP contribution in [0.15, 0.2) is 212 Å². The smallest absolute Gasteiger partial charge is 0.0731 e. The Bertz CT molecular complexity index is 2950. The molecule has 1 spiro atoms. The number of fused-ring (bicyclic) bond motifs is 10. The predicted octanol–water partition coefficient (Wildman–Crippen LogP) is 15.1. The van der Waals surface area contributed by atoms with Gasteiger partial charge in [0.15, 0.2) is 0 Å². The summed E-state index contributed by atoms with van der Waals surface area (Å²) in [4.78, 5) is 2.43. The lowest BCUT2D eigenvalue weighted by molar-refractivity contribution is 0.795. The number of para-hydroxylation sites is 2. The lowest BCUT2D eigenvalue weighted by Crippen LogP contribution is -2.27. The number of hydrogen-bond acceptors (Lipinski definition) is 1. The molecule has 2 aliphatic carbocycles. The molecule has 0 heterocycles. The summed E-state index contributed by atoms with van der Waals surface area (Å²) in [5.74, 6) is 0. The molecule has 9 aromatic carbocycles. The van der Waals surface area contributed by atoms with Crippen LogP contribution in [0.5, 0.6) is 0 Å². The van der Waals surface area contributed by atoms with Gasteiger partial charge >= 0.3 is 0 Å². The zero-order valence-corrected chi connectivity index (χ0v) is 32.7. The third-order valence-corrected chi connectivity index (χ3v) is 12.6. The van der Waals surface area contributed by atoms with E-state index < -0.39 is 5.41 Å². The van der Waals surface area contributed by atoms with E-state index in [4.69, 9.17) is 0 Å². The number of rotatable bonds is 6. The zero-order chi connectivity index (χ0) is 38.8. The molecule has 9 aromatic rings. The van der Waals surface area contributed by atoms with Crippen LogP contribution >= 0.6 is 0 Å². The number of hydrogen-bond donors (Lipinski definition) is 0. The summed E-state index contributed by atoms with van der Waals surface area (Å²) in [5.41, 5.74) is 23.7. The third kappa shape index (κ3) is 5.03. The van der Waals surface area contributed by atoms with Crippen LogP contribution in [-0.4, -0.2) is 0 Å². The van der Waals surface area contributed by atoms with E-state index in [2.05, 4.69) is 231 Å². The largest absolute Gasteiger partial charge is 0.310 e. The minimum absolute atomic E-state index is 0.465. The molecule has 58 heavy (non-hydrogen) atoms. The Morgan fingerprint density at radius 3 is 1.41 bits per heavy atom. The number of anilines is 3. The average Bonchev–Trinajstić information content (AvgIpc) is 3.77. The van der Waals surface area contributed by atoms with Gasteiger partial charge in [0.05, 0.1) is 11.1 Å². The molecule has 1 nitrogen and oxygen atoms in total. The maximum absolute atomic E-state index is 2.43. The van der Waals surface area contributed by atoms with E-state index in [0.717, 1.165) is 17.1 Å². The number of benzene rings is 9. The lowest BCUT2D eigenvalue weighted by atomic mass is 9.68. The van der Waals surface area contributed by atoms with Crippen LogP contribution in [-0.2, 0) is 5.41 Å². The fourth-order valence-electron chi connectivity index (χ4n) is 10.1. The van der Waals surface area contributed by atoms with Crippen LogP contribution in [0, 0.1) is 13.8 Å². The van der Waals surface area contributed by atoms with E-state index in [0.29, 0.717) is 0 Å². The number of aryl methyl sites for hydroxylation is 2. The second-order valence-corrected chi connectivity index (χ2v) is 15.7. The molecule has 0 aliphatic heterocycles. The van der Waals surface area contributed by atoms with Crippen molar-refractivity contribution in [1.82, 2.24) is 0 Å². The van der Waals surface area contributed by atoms with Crippen LogP contribution in [0.3, 0.4) is 0 Å². The molecule has 11 rings (SSSR count). The van der Waals surface area contributed by atoms with E-state index in [1.165, 1.54) is 89.0 Å². The highest BCUT2D eigenvalue weighted by molar-refractivity contribution is 6.02. The minimum atomic E-state index is -0.465. The molecular weight excluding hydrogens is 699 g/mol. The monoisotopic (exact) mass is 739 g/mol. The fourth-order valence-corrected chi connectivity index (χ4v) is 10.1. The summed E-state index contributed by atoms with van der Waals surface area (Å²) in [6.07, 6.45) is 0. The zero-order valence-electron chi connectivity index (χ0n) is 32.7. The molecule has 0 atom stereocenters. The molecular formula is C57H41N. The highest BCUT2D eigenvalue weighted by atomic mass is 15.1. The lowest BCUT2D eigenvalue weighted by Gasteiger charge is -2.34. The van der Waals surface area contributed by atoms with Crippen LogP contribution < -0.4 is 4.90 Å². The first kappa shape index (κ1) is 34.1. The van der Waals surface area contributed by atoms with Crippen LogP contribution in [0.1, 0.15) is 33.4 Å². The van der Waals surface area contributed by atoms with Gasteiger partial charge in [0.25, 0.3) is 0 Å². The average molecular weight is 740 g/mol. The van der Waals surface area contributed by atoms with E-state index in [1.807, 2.05) is 0 Å². The summed E-state index contributed by atoms with van der Waals surface area (Å²) in [6, 6.07) is 78.2. The first-order valence-corrected chi connectivity index (χ1v) is 20.3. The van der Waals surface area contributed by atoms with Gasteiger partial charge in [-0.2, -0.15) is 0 Å². The van der Waals surface area contributed by atoms with Crippen molar-refractivity contribution >= 4 is 17.1 Å². The number of nitrogens with zero attached hydrogens (tertiary/aromatic N) is 1. The van der Waals surface area contributed by atoms with Crippen LogP contribution in [0.4, 0.5) is 17.1 Å². The first-order chi connectivity index (χ1) is 28.6. The van der Waals surface area contributed by atoms with Crippen molar-refractivity contribution in [2.75, 3.05) is 4.90 Å². The second-order valence-electron chi connectivity index (χ2n) is 15.7. The van der Waals surface area contributed by atoms with Crippen molar-refractivity contribution in [3.8, 4) is 55.6 Å². The molecule has 0 saturated carbocycles. The summed E-state index contributed by atoms with van der Waals surface area (Å²) in [7, 11) is 0. The highest BCUT2D eigenvalue weighted by Crippen LogP contribution is 2.66. The van der Waals surface area contributed by atoms with Crippen LogP contribution in [0.2, 0.25) is 0 Å². The summed E-state index contributed by atoms with van der Waals surface area (Å²) >= 11 is 0. The van der Waals surface area contributed by atoms with Gasteiger partial charge < -0.3 is 4.90 Å². The van der Waals surface area contributed by atoms with Crippen molar-refractivity contribution < 1.29 is 0 Å². The molecule has 2 aliphatic rings. The molecule has 0 N–H and O–H groups in total. The second kappa shape index (κ2) is 13.5. The maximum atomic E-state index is 2.43. The topological polar surface area (TPSA) is 3.24 Å². The Hall–Kier alpha value is -7.22. The molecule has 274 valence electrons. The van der Waals surface area contributed by atoms with Crippen molar-refractivity contribution in [1.29, 1.82) is 0 Å². The molecule has 0 bridgehead atoms. The Labute approximate surface area is 341 Å². The van der Waals surface area contributed by atoms with E-state index in [9.17, 15) is 0 Å². The summed E-state index contributed by atoms with van der Waals surface area (Å²) < 4.78 is 0. The molecule has 0 radical (unpaired) electrons. The molecule has 0 amide bonds. The van der Waals surface area contributed by atoms with E-state index in [1.54, 1.807) is 0 Å². The normalized spacial score (nSPS) is 12.8.